The van der Waals surface area contributed by atoms with E-state index in [-0.39, 0.29) is 21.9 Å². The summed E-state index contributed by atoms with van der Waals surface area (Å²) in [6.07, 6.45) is 7.16. The van der Waals surface area contributed by atoms with Gasteiger partial charge in [-0.25, -0.2) is 0 Å². The number of carbonyl (C=O) groups is 2. The van der Waals surface area contributed by atoms with Crippen molar-refractivity contribution in [3.05, 3.63) is 97.5 Å². The zero-order valence-corrected chi connectivity index (χ0v) is 21.7. The number of Topliss-reactive ketones (excluding diaryl/α,β-unsaturated/α-hetero) is 1. The fraction of sp³-hybridized carbons (Fsp3) is 0.258. The number of aromatic amines is 2. The second kappa shape index (κ2) is 9.94. The smallest absolute Gasteiger partial charge is 0.271 e. The van der Waals surface area contributed by atoms with Crippen molar-refractivity contribution in [1.82, 2.24) is 10.2 Å². The molecule has 39 heavy (non-hydrogen) atoms. The fourth-order valence-electron chi connectivity index (χ4n) is 5.72. The van der Waals surface area contributed by atoms with Crippen LogP contribution in [0.25, 0.3) is 17.4 Å². The van der Waals surface area contributed by atoms with Gasteiger partial charge in [0.25, 0.3) is 11.5 Å². The lowest BCUT2D eigenvalue weighted by atomic mass is 9.92. The average molecular weight is 524 g/mol. The number of anilines is 1. The van der Waals surface area contributed by atoms with Crippen LogP contribution in [0.3, 0.4) is 0 Å². The number of benzene rings is 2. The number of carbonyl (C=O) groups excluding carboxylic acids is 2. The Morgan fingerprint density at radius 3 is 2.49 bits per heavy atom. The van der Waals surface area contributed by atoms with Gasteiger partial charge in [-0.15, -0.1) is 0 Å². The summed E-state index contributed by atoms with van der Waals surface area (Å²) in [5.41, 5.74) is 2.82. The Kier molecular flexibility index (Phi) is 6.30. The van der Waals surface area contributed by atoms with E-state index in [1.165, 1.54) is 5.57 Å². The third kappa shape index (κ3) is 4.22. The van der Waals surface area contributed by atoms with E-state index in [9.17, 15) is 19.5 Å². The normalized spacial score (nSPS) is 19.6. The number of nitrogens with zero attached hydrogens (tertiary/aromatic N) is 1. The van der Waals surface area contributed by atoms with Crippen molar-refractivity contribution in [3.8, 4) is 5.75 Å². The van der Waals surface area contributed by atoms with Crippen LogP contribution in [0.15, 0.2) is 70.2 Å². The van der Waals surface area contributed by atoms with Crippen LogP contribution in [0, 0.1) is 0 Å². The van der Waals surface area contributed by atoms with Crippen LogP contribution in [0.4, 0.5) is 5.69 Å². The van der Waals surface area contributed by atoms with Gasteiger partial charge in [0.15, 0.2) is 0 Å². The van der Waals surface area contributed by atoms with E-state index < -0.39 is 17.2 Å². The maximum Gasteiger partial charge on any atom is 0.271 e. The van der Waals surface area contributed by atoms with Gasteiger partial charge in [0, 0.05) is 30.5 Å². The van der Waals surface area contributed by atoms with E-state index in [1.807, 2.05) is 13.0 Å². The molecule has 0 saturated heterocycles. The van der Waals surface area contributed by atoms with E-state index in [0.29, 0.717) is 41.1 Å². The molecule has 0 bridgehead atoms. The molecule has 6 rings (SSSR count). The van der Waals surface area contributed by atoms with Crippen molar-refractivity contribution in [2.24, 2.45) is 0 Å². The summed E-state index contributed by atoms with van der Waals surface area (Å²) in [6, 6.07) is 13.9. The van der Waals surface area contributed by atoms with Crippen molar-refractivity contribution in [2.75, 3.05) is 11.4 Å². The Balaban J connectivity index is 1.60. The molecule has 3 heterocycles. The Morgan fingerprint density at radius 2 is 1.69 bits per heavy atom. The van der Waals surface area contributed by atoms with Crippen LogP contribution < -0.4 is 21.0 Å². The molecule has 198 valence electrons. The number of allylic oxidation sites excluding steroid dienone is 3. The molecule has 0 fully saturated rings. The third-order valence-corrected chi connectivity index (χ3v) is 7.67. The molecule has 3 aromatic rings. The number of hydrogen-bond donors (Lipinski definition) is 3. The van der Waals surface area contributed by atoms with Crippen LogP contribution in [0.5, 0.6) is 5.75 Å². The van der Waals surface area contributed by atoms with Gasteiger partial charge in [-0.3, -0.25) is 24.6 Å². The molecule has 2 aliphatic heterocycles. The highest BCUT2D eigenvalue weighted by Crippen LogP contribution is 2.41. The molecule has 0 saturated carbocycles. The maximum absolute atomic E-state index is 13.6. The minimum atomic E-state index is -0.463. The lowest BCUT2D eigenvalue weighted by Crippen LogP contribution is -2.45. The molecular weight excluding hydrogens is 494 g/mol. The first kappa shape index (κ1) is 24.7. The third-order valence-electron chi connectivity index (χ3n) is 7.67. The first-order valence-electron chi connectivity index (χ1n) is 13.4. The van der Waals surface area contributed by atoms with E-state index in [4.69, 9.17) is 4.74 Å². The van der Waals surface area contributed by atoms with Crippen molar-refractivity contribution in [1.29, 1.82) is 0 Å². The number of amides is 1. The average Bonchev–Trinajstić information content (AvgIpc) is 3.14. The molecule has 1 amide bonds. The number of nitrogens with one attached hydrogen (secondary N) is 2. The minimum Gasteiger partial charge on any atom is -0.507 e. The predicted molar refractivity (Wildman–Crippen MR) is 148 cm³/mol. The Labute approximate surface area is 224 Å². The quantitative estimate of drug-likeness (QED) is 0.485. The van der Waals surface area contributed by atoms with Gasteiger partial charge in [-0.2, -0.15) is 0 Å². The van der Waals surface area contributed by atoms with Gasteiger partial charge in [-0.05, 0) is 62.1 Å². The van der Waals surface area contributed by atoms with Gasteiger partial charge < -0.3 is 14.7 Å². The van der Waals surface area contributed by atoms with E-state index >= 15 is 0 Å². The van der Waals surface area contributed by atoms with Gasteiger partial charge in [0.05, 0.1) is 21.8 Å². The predicted octanol–water partition coefficient (Wildman–Crippen LogP) is 3.64. The highest BCUT2D eigenvalue weighted by Gasteiger charge is 2.35. The lowest BCUT2D eigenvalue weighted by Gasteiger charge is -2.28. The molecule has 0 spiro atoms. The summed E-state index contributed by atoms with van der Waals surface area (Å²) in [4.78, 5) is 41.8. The molecule has 2 aromatic carbocycles. The van der Waals surface area contributed by atoms with Crippen LogP contribution in [-0.2, 0) is 9.53 Å². The number of ether oxygens (including phenoxy) is 1. The molecule has 0 atom stereocenters. The number of phenols is 1. The number of aromatic hydroxyl groups is 1. The topological polar surface area (TPSA) is 115 Å². The van der Waals surface area contributed by atoms with Crippen molar-refractivity contribution in [3.63, 3.8) is 0 Å². The Morgan fingerprint density at radius 1 is 0.949 bits per heavy atom. The summed E-state index contributed by atoms with van der Waals surface area (Å²) in [7, 11) is 0. The first-order valence-corrected chi connectivity index (χ1v) is 13.4. The van der Waals surface area contributed by atoms with Gasteiger partial charge in [0.1, 0.15) is 22.8 Å². The highest BCUT2D eigenvalue weighted by molar-refractivity contribution is 6.51. The summed E-state index contributed by atoms with van der Waals surface area (Å²) in [5, 5.41) is 16.4. The maximum atomic E-state index is 13.6. The molecule has 3 aliphatic rings. The zero-order chi connectivity index (χ0) is 27.1. The standard InChI is InChI=1S/C31H29N3O5/c1-2-34-23-13-8-6-11-20(23)28(36)26(31(34)38)27-22(30(37)33-32-27)17-19-16-18-10-4-3-5-15-25(18)39-29(19)21-12-7-9-14-24(21)35/h6-9,11-14,17,32,35H,2-5,10,15-16H2,1H3,(H,33,37)/b22-17-,27-26+. The van der Waals surface area contributed by atoms with Crippen LogP contribution in [-0.4, -0.2) is 33.5 Å². The molecule has 8 heteroatoms. The number of aromatic nitrogens is 2. The number of para-hydroxylation sites is 2. The SMILES string of the molecule is CCN1C(=O)/C(=c2/[nH][nH]c(=O)/c2=C\C2=C(c3ccccc3O)OC3=C(CCCCC3)C2)C(=O)c2ccccc21. The molecule has 0 unspecified atom stereocenters. The second-order valence-electron chi connectivity index (χ2n) is 10.0. The molecule has 1 aliphatic carbocycles. The van der Waals surface area contributed by atoms with Gasteiger partial charge >= 0.3 is 0 Å². The highest BCUT2D eigenvalue weighted by atomic mass is 16.5. The van der Waals surface area contributed by atoms with Crippen molar-refractivity contribution >= 4 is 34.8 Å². The van der Waals surface area contributed by atoms with E-state index in [1.54, 1.807) is 53.4 Å². The summed E-state index contributed by atoms with van der Waals surface area (Å²) >= 11 is 0. The number of hydrogen-bond acceptors (Lipinski definition) is 5. The number of ketones is 1. The summed E-state index contributed by atoms with van der Waals surface area (Å²) < 4.78 is 6.44. The minimum absolute atomic E-state index is 0.0708. The summed E-state index contributed by atoms with van der Waals surface area (Å²) in [6.45, 7) is 2.21. The van der Waals surface area contributed by atoms with E-state index in [2.05, 4.69) is 10.2 Å². The first-order chi connectivity index (χ1) is 19.0. The molecule has 0 radical (unpaired) electrons. The fourth-order valence-corrected chi connectivity index (χ4v) is 5.72. The van der Waals surface area contributed by atoms with E-state index in [0.717, 1.165) is 37.9 Å². The van der Waals surface area contributed by atoms with Crippen molar-refractivity contribution in [2.45, 2.75) is 45.4 Å². The number of H-pyrrole nitrogens is 2. The second-order valence-corrected chi connectivity index (χ2v) is 10.0. The molecule has 8 nitrogen and oxygen atoms in total. The van der Waals surface area contributed by atoms with Gasteiger partial charge in [-0.1, -0.05) is 30.7 Å². The van der Waals surface area contributed by atoms with Crippen LogP contribution in [0.1, 0.15) is 61.4 Å². The van der Waals surface area contributed by atoms with Crippen LogP contribution >= 0.6 is 0 Å². The molecule has 1 aromatic heterocycles. The zero-order valence-electron chi connectivity index (χ0n) is 21.7. The Bertz CT molecular complexity index is 1750. The summed E-state index contributed by atoms with van der Waals surface area (Å²) in [5.74, 6) is 0.574. The molecular formula is C31H29N3O5. The molecule has 3 N–H and O–H groups in total. The Hall–Kier alpha value is -4.59. The van der Waals surface area contributed by atoms with Gasteiger partial charge in [0.2, 0.25) is 5.78 Å². The number of phenolic OH excluding ortho intramolecular Hbond substituents is 1. The number of fused-ring (bicyclic) bond motifs is 1. The van der Waals surface area contributed by atoms with Crippen molar-refractivity contribution < 1.29 is 19.4 Å². The monoisotopic (exact) mass is 523 g/mol. The largest absolute Gasteiger partial charge is 0.507 e. The lowest BCUT2D eigenvalue weighted by molar-refractivity contribution is -0.113. The van der Waals surface area contributed by atoms with Crippen LogP contribution in [0.2, 0.25) is 0 Å². The number of rotatable bonds is 3.